The molecule has 2 rings (SSSR count). The molecule has 21 heavy (non-hydrogen) atoms. The zero-order valence-electron chi connectivity index (χ0n) is 11.4. The van der Waals surface area contributed by atoms with Crippen molar-refractivity contribution in [3.05, 3.63) is 35.9 Å². The van der Waals surface area contributed by atoms with Gasteiger partial charge < -0.3 is 15.3 Å². The number of likely N-dealkylation sites (tertiary alicyclic amines) is 1. The maximum absolute atomic E-state index is 11.8. The molecule has 1 aliphatic rings. The highest BCUT2D eigenvalue weighted by molar-refractivity contribution is 5.95. The van der Waals surface area contributed by atoms with Crippen molar-refractivity contribution in [1.29, 1.82) is 0 Å². The Morgan fingerprint density at radius 1 is 1.29 bits per heavy atom. The number of hydrogen-bond acceptors (Lipinski definition) is 3. The van der Waals surface area contributed by atoms with Crippen LogP contribution in [-0.2, 0) is 14.4 Å². The van der Waals surface area contributed by atoms with E-state index in [-0.39, 0.29) is 18.4 Å². The number of rotatable bonds is 5. The molecule has 1 saturated heterocycles. The van der Waals surface area contributed by atoms with Gasteiger partial charge in [-0.25, -0.2) is 4.79 Å². The maximum atomic E-state index is 11.8. The number of amides is 2. The summed E-state index contributed by atoms with van der Waals surface area (Å²) in [6.45, 7) is 0.699. The van der Waals surface area contributed by atoms with E-state index in [1.807, 2.05) is 0 Å². The molecule has 110 valence electrons. The van der Waals surface area contributed by atoms with Crippen molar-refractivity contribution in [2.45, 2.75) is 12.8 Å². The van der Waals surface area contributed by atoms with Crippen LogP contribution in [-0.4, -0.2) is 40.9 Å². The van der Waals surface area contributed by atoms with E-state index in [9.17, 15) is 14.4 Å². The standard InChI is InChI=1S/C15H16N2O4/c18-13(10-17-9-1-2-14(17)19)16-12-6-3-11(4-7-12)5-8-15(20)21/h3-8H,1-2,9-10H2,(H,16,18)(H,20,21)/b8-5+. The second-order valence-corrected chi connectivity index (χ2v) is 4.76. The topological polar surface area (TPSA) is 86.7 Å². The van der Waals surface area contributed by atoms with Crippen LogP contribution in [0.5, 0.6) is 0 Å². The third-order valence-corrected chi connectivity index (χ3v) is 3.12. The number of carbonyl (C=O) groups is 3. The fourth-order valence-corrected chi connectivity index (χ4v) is 2.09. The molecular formula is C15H16N2O4. The molecule has 0 atom stereocenters. The van der Waals surface area contributed by atoms with Gasteiger partial charge in [0, 0.05) is 24.7 Å². The predicted octanol–water partition coefficient (Wildman–Crippen LogP) is 1.35. The highest BCUT2D eigenvalue weighted by atomic mass is 16.4. The van der Waals surface area contributed by atoms with E-state index in [1.54, 1.807) is 29.2 Å². The van der Waals surface area contributed by atoms with Crippen LogP contribution in [0.25, 0.3) is 6.08 Å². The molecule has 1 aromatic carbocycles. The SMILES string of the molecule is O=C(O)/C=C/c1ccc(NC(=O)CN2CCCC2=O)cc1. The van der Waals surface area contributed by atoms with Gasteiger partial charge in [0.05, 0.1) is 6.54 Å². The van der Waals surface area contributed by atoms with Gasteiger partial charge in [-0.05, 0) is 30.2 Å². The smallest absolute Gasteiger partial charge is 0.328 e. The molecule has 0 saturated carbocycles. The van der Waals surface area contributed by atoms with Crippen molar-refractivity contribution in [2.75, 3.05) is 18.4 Å². The molecule has 0 spiro atoms. The van der Waals surface area contributed by atoms with Crippen molar-refractivity contribution < 1.29 is 19.5 Å². The number of carboxylic acids is 1. The molecule has 2 amide bonds. The van der Waals surface area contributed by atoms with Gasteiger partial charge in [0.1, 0.15) is 0 Å². The van der Waals surface area contributed by atoms with Crippen molar-refractivity contribution in [2.24, 2.45) is 0 Å². The Bertz CT molecular complexity index is 578. The Morgan fingerprint density at radius 3 is 2.57 bits per heavy atom. The van der Waals surface area contributed by atoms with E-state index in [2.05, 4.69) is 5.32 Å². The molecule has 0 aliphatic carbocycles. The minimum Gasteiger partial charge on any atom is -0.478 e. The van der Waals surface area contributed by atoms with E-state index in [4.69, 9.17) is 5.11 Å². The molecule has 1 heterocycles. The molecular weight excluding hydrogens is 272 g/mol. The van der Waals surface area contributed by atoms with E-state index in [0.29, 0.717) is 18.7 Å². The van der Waals surface area contributed by atoms with Crippen LogP contribution in [0.15, 0.2) is 30.3 Å². The number of nitrogens with zero attached hydrogens (tertiary/aromatic N) is 1. The van der Waals surface area contributed by atoms with Gasteiger partial charge in [-0.2, -0.15) is 0 Å². The first-order valence-corrected chi connectivity index (χ1v) is 6.63. The number of carbonyl (C=O) groups excluding carboxylic acids is 2. The minimum atomic E-state index is -1.01. The zero-order valence-corrected chi connectivity index (χ0v) is 11.4. The average Bonchev–Trinajstić information content (AvgIpc) is 2.83. The number of benzene rings is 1. The fraction of sp³-hybridized carbons (Fsp3) is 0.267. The normalized spacial score (nSPS) is 14.7. The summed E-state index contributed by atoms with van der Waals surface area (Å²) >= 11 is 0. The molecule has 6 nitrogen and oxygen atoms in total. The monoisotopic (exact) mass is 288 g/mol. The Kier molecular flexibility index (Phi) is 4.71. The Hall–Kier alpha value is -2.63. The second kappa shape index (κ2) is 6.69. The van der Waals surface area contributed by atoms with Gasteiger partial charge in [0.15, 0.2) is 0 Å². The lowest BCUT2D eigenvalue weighted by Gasteiger charge is -2.14. The van der Waals surface area contributed by atoms with Crippen molar-refractivity contribution in [3.8, 4) is 0 Å². The summed E-state index contributed by atoms with van der Waals surface area (Å²) in [5, 5.41) is 11.2. The number of carboxylic acid groups (broad SMARTS) is 1. The lowest BCUT2D eigenvalue weighted by Crippen LogP contribution is -2.33. The van der Waals surface area contributed by atoms with Crippen molar-refractivity contribution >= 4 is 29.5 Å². The quantitative estimate of drug-likeness (QED) is 0.801. The van der Waals surface area contributed by atoms with Crippen LogP contribution < -0.4 is 5.32 Å². The Morgan fingerprint density at radius 2 is 2.00 bits per heavy atom. The van der Waals surface area contributed by atoms with Gasteiger partial charge in [-0.3, -0.25) is 9.59 Å². The van der Waals surface area contributed by atoms with Crippen LogP contribution in [0, 0.1) is 0 Å². The van der Waals surface area contributed by atoms with Gasteiger partial charge in [-0.1, -0.05) is 12.1 Å². The highest BCUT2D eigenvalue weighted by Crippen LogP contribution is 2.12. The largest absolute Gasteiger partial charge is 0.478 e. The van der Waals surface area contributed by atoms with Gasteiger partial charge in [0.25, 0.3) is 0 Å². The third kappa shape index (κ3) is 4.45. The summed E-state index contributed by atoms with van der Waals surface area (Å²) in [6, 6.07) is 6.78. The minimum absolute atomic E-state index is 0.0132. The first-order chi connectivity index (χ1) is 10.0. The summed E-state index contributed by atoms with van der Waals surface area (Å²) in [5.41, 5.74) is 1.34. The lowest BCUT2D eigenvalue weighted by molar-refractivity contribution is -0.131. The molecule has 2 N–H and O–H groups in total. The summed E-state index contributed by atoms with van der Waals surface area (Å²) in [7, 11) is 0. The number of nitrogens with one attached hydrogen (secondary N) is 1. The summed E-state index contributed by atoms with van der Waals surface area (Å²) < 4.78 is 0. The number of anilines is 1. The van der Waals surface area contributed by atoms with E-state index < -0.39 is 5.97 Å². The van der Waals surface area contributed by atoms with Crippen molar-refractivity contribution in [1.82, 2.24) is 4.90 Å². The summed E-state index contributed by atoms with van der Waals surface area (Å²) in [6.07, 6.45) is 3.83. The molecule has 0 aromatic heterocycles. The van der Waals surface area contributed by atoms with Crippen LogP contribution in [0.2, 0.25) is 0 Å². The number of aliphatic carboxylic acids is 1. The van der Waals surface area contributed by atoms with E-state index in [1.165, 1.54) is 6.08 Å². The first kappa shape index (κ1) is 14.8. The molecule has 0 radical (unpaired) electrons. The van der Waals surface area contributed by atoms with Crippen LogP contribution >= 0.6 is 0 Å². The average molecular weight is 288 g/mol. The Labute approximate surface area is 122 Å². The van der Waals surface area contributed by atoms with Gasteiger partial charge in [-0.15, -0.1) is 0 Å². The zero-order chi connectivity index (χ0) is 15.2. The predicted molar refractivity (Wildman–Crippen MR) is 77.6 cm³/mol. The lowest BCUT2D eigenvalue weighted by atomic mass is 10.2. The summed E-state index contributed by atoms with van der Waals surface area (Å²) in [4.78, 5) is 35.2. The second-order valence-electron chi connectivity index (χ2n) is 4.76. The maximum Gasteiger partial charge on any atom is 0.328 e. The molecule has 1 aromatic rings. The molecule has 0 unspecified atom stereocenters. The van der Waals surface area contributed by atoms with E-state index >= 15 is 0 Å². The van der Waals surface area contributed by atoms with Gasteiger partial charge in [0.2, 0.25) is 11.8 Å². The van der Waals surface area contributed by atoms with Crippen molar-refractivity contribution in [3.63, 3.8) is 0 Å². The molecule has 6 heteroatoms. The molecule has 1 fully saturated rings. The van der Waals surface area contributed by atoms with Crippen LogP contribution in [0.3, 0.4) is 0 Å². The van der Waals surface area contributed by atoms with Crippen LogP contribution in [0.1, 0.15) is 18.4 Å². The Balaban J connectivity index is 1.89. The molecule has 1 aliphatic heterocycles. The van der Waals surface area contributed by atoms with E-state index in [0.717, 1.165) is 18.1 Å². The summed E-state index contributed by atoms with van der Waals surface area (Å²) in [5.74, 6) is -1.24. The van der Waals surface area contributed by atoms with Crippen LogP contribution in [0.4, 0.5) is 5.69 Å². The number of hydrogen-bond donors (Lipinski definition) is 2. The molecule has 0 bridgehead atoms. The fourth-order valence-electron chi connectivity index (χ4n) is 2.09. The highest BCUT2D eigenvalue weighted by Gasteiger charge is 2.22. The first-order valence-electron chi connectivity index (χ1n) is 6.63. The third-order valence-electron chi connectivity index (χ3n) is 3.12. The van der Waals surface area contributed by atoms with Gasteiger partial charge >= 0.3 is 5.97 Å².